The average molecular weight is 834 g/mol. The number of likely N-dealkylation sites (tertiary alicyclic amines) is 1. The predicted octanol–water partition coefficient (Wildman–Crippen LogP) is 3.07. The molecule has 4 aromatic heterocycles. The third kappa shape index (κ3) is 9.82. The molecule has 0 aromatic carbocycles. The first-order chi connectivity index (χ1) is 28.8. The van der Waals surface area contributed by atoms with Crippen molar-refractivity contribution in [3.63, 3.8) is 0 Å². The van der Waals surface area contributed by atoms with E-state index in [0.29, 0.717) is 86.1 Å². The van der Waals surface area contributed by atoms with Gasteiger partial charge in [0.15, 0.2) is 11.3 Å². The number of nitrogens with zero attached hydrogens (tertiary/aromatic N) is 8. The maximum Gasteiger partial charge on any atom is 0.393 e. The number of halogens is 3. The molecule has 0 bridgehead atoms. The van der Waals surface area contributed by atoms with E-state index in [4.69, 9.17) is 10.00 Å². The highest BCUT2D eigenvalue weighted by Gasteiger charge is 2.56. The first-order valence-electron chi connectivity index (χ1n) is 19.4. The Bertz CT molecular complexity index is 2280. The summed E-state index contributed by atoms with van der Waals surface area (Å²) in [4.78, 5) is 77.7. The standard InChI is InChI=1S/C20H23F3N6O3.C19H23N7O2/c1-3-16(30)29-5-4-12(14(9-29)32-2)26-15-8-25-18-17(28-15)10(7-24-18)19(31)27-13-6-11(13)20(21,22)23;1-3-13(5-6-20)23-19(28)14-11-21-18-17(14)24-15(12-22-18)25-7-9-26(10-8-25)16(27)4-2/h3,7-8,11-14H,1,4-6,9H2,2H3,(H,24,25)(H,26,28)(H,27,31);4,11-13H,2-3,5,7-10H2,1H3,(H,21,22)(H,23,28)/t11-,12-,13-,14+;13-/m11/s1. The SMILES string of the molecule is C=CC(=O)N1CCN(c2cnc3[nH]cc(C(=O)N[C@H](CC)CC#N)c3n2)CC1.C=CC(=O)N1CC[C@@H](Nc2cnc3[nH]cc(C(=O)N[C@@H]4C[C@H]4C(F)(F)F)c3n2)[C@@H](OC)C1. The number of hydrogen-bond donors (Lipinski definition) is 5. The van der Waals surface area contributed by atoms with Crippen molar-refractivity contribution < 1.29 is 37.1 Å². The number of piperazine rings is 1. The van der Waals surface area contributed by atoms with Gasteiger partial charge in [-0.3, -0.25) is 19.2 Å². The minimum Gasteiger partial charge on any atom is -0.377 e. The molecule has 4 aromatic rings. The van der Waals surface area contributed by atoms with Gasteiger partial charge >= 0.3 is 6.18 Å². The fourth-order valence-electron chi connectivity index (χ4n) is 7.10. The van der Waals surface area contributed by atoms with Crippen LogP contribution >= 0.6 is 0 Å². The molecular weight excluding hydrogens is 788 g/mol. The van der Waals surface area contributed by atoms with Gasteiger partial charge in [-0.25, -0.2) is 19.9 Å². The van der Waals surface area contributed by atoms with E-state index in [0.717, 1.165) is 0 Å². The molecule has 4 amide bonds. The topological polar surface area (TPSA) is 230 Å². The lowest BCUT2D eigenvalue weighted by atomic mass is 10.0. The number of aromatic nitrogens is 6. The van der Waals surface area contributed by atoms with Crippen LogP contribution in [0.4, 0.5) is 24.8 Å². The maximum atomic E-state index is 12.7. The van der Waals surface area contributed by atoms with Crippen molar-refractivity contribution in [1.82, 2.24) is 50.3 Å². The third-order valence-electron chi connectivity index (χ3n) is 10.7. The Hall–Kier alpha value is -6.56. The number of ether oxygens (including phenoxy) is 1. The van der Waals surface area contributed by atoms with Gasteiger partial charge in [0.25, 0.3) is 11.8 Å². The van der Waals surface area contributed by atoms with Crippen LogP contribution in [0.15, 0.2) is 50.1 Å². The second-order valence-corrected chi connectivity index (χ2v) is 14.5. The van der Waals surface area contributed by atoms with Gasteiger partial charge in [-0.15, -0.1) is 0 Å². The van der Waals surface area contributed by atoms with E-state index < -0.39 is 24.0 Å². The monoisotopic (exact) mass is 833 g/mol. The van der Waals surface area contributed by atoms with Gasteiger partial charge in [0.05, 0.1) is 54.1 Å². The van der Waals surface area contributed by atoms with Crippen LogP contribution in [0.5, 0.6) is 0 Å². The summed E-state index contributed by atoms with van der Waals surface area (Å²) in [5.74, 6) is -1.61. The lowest BCUT2D eigenvalue weighted by molar-refractivity contribution is -0.148. The number of nitrogens with one attached hydrogen (secondary N) is 5. The number of anilines is 2. The lowest BCUT2D eigenvalue weighted by Gasteiger charge is -2.37. The van der Waals surface area contributed by atoms with Crippen LogP contribution in [0.3, 0.4) is 0 Å². The van der Waals surface area contributed by atoms with Crippen molar-refractivity contribution in [2.45, 2.75) is 63.0 Å². The molecule has 0 unspecified atom stereocenters. The Morgan fingerprint density at radius 2 is 1.58 bits per heavy atom. The van der Waals surface area contributed by atoms with Gasteiger partial charge in [0.2, 0.25) is 11.8 Å². The zero-order chi connectivity index (χ0) is 43.1. The highest BCUT2D eigenvalue weighted by molar-refractivity contribution is 6.05. The molecule has 0 radical (unpaired) electrons. The quantitative estimate of drug-likeness (QED) is 0.130. The Kier molecular flexibility index (Phi) is 13.3. The van der Waals surface area contributed by atoms with E-state index in [-0.39, 0.29) is 59.8 Å². The molecule has 60 heavy (non-hydrogen) atoms. The normalized spacial score (nSPS) is 20.6. The Labute approximate surface area is 342 Å². The molecule has 6 heterocycles. The summed E-state index contributed by atoms with van der Waals surface area (Å²) >= 11 is 0. The van der Waals surface area contributed by atoms with Gasteiger partial charge in [0, 0.05) is 70.9 Å². The van der Waals surface area contributed by atoms with Crippen molar-refractivity contribution in [2.75, 3.05) is 56.6 Å². The molecule has 3 fully saturated rings. The third-order valence-corrected chi connectivity index (χ3v) is 10.7. The van der Waals surface area contributed by atoms with Crippen molar-refractivity contribution in [2.24, 2.45) is 5.92 Å². The van der Waals surface area contributed by atoms with E-state index in [1.807, 2.05) is 11.8 Å². The molecule has 21 heteroatoms. The lowest BCUT2D eigenvalue weighted by Crippen LogP contribution is -2.52. The summed E-state index contributed by atoms with van der Waals surface area (Å²) in [5, 5.41) is 17.4. The van der Waals surface area contributed by atoms with E-state index in [2.05, 4.69) is 65.1 Å². The predicted molar refractivity (Wildman–Crippen MR) is 214 cm³/mol. The largest absolute Gasteiger partial charge is 0.393 e. The van der Waals surface area contributed by atoms with E-state index in [1.165, 1.54) is 24.5 Å². The number of amides is 4. The van der Waals surface area contributed by atoms with E-state index in [1.54, 1.807) is 29.3 Å². The van der Waals surface area contributed by atoms with Crippen LogP contribution in [-0.2, 0) is 14.3 Å². The number of piperidine rings is 1. The molecule has 18 nitrogen and oxygen atoms in total. The van der Waals surface area contributed by atoms with Crippen molar-refractivity contribution >= 4 is 57.6 Å². The number of carbonyl (C=O) groups is 4. The summed E-state index contributed by atoms with van der Waals surface area (Å²) in [5.41, 5.74) is 2.15. The van der Waals surface area contributed by atoms with Gasteiger partial charge in [-0.2, -0.15) is 18.4 Å². The molecule has 318 valence electrons. The van der Waals surface area contributed by atoms with E-state index >= 15 is 0 Å². The highest BCUT2D eigenvalue weighted by atomic mass is 19.4. The summed E-state index contributed by atoms with van der Waals surface area (Å²) in [6, 6.07) is 0.803. The molecular formula is C39H46F3N13O5. The second-order valence-electron chi connectivity index (χ2n) is 14.5. The van der Waals surface area contributed by atoms with Gasteiger partial charge in [-0.1, -0.05) is 20.1 Å². The first kappa shape index (κ1) is 43.0. The smallest absolute Gasteiger partial charge is 0.377 e. The Morgan fingerprint density at radius 1 is 0.950 bits per heavy atom. The van der Waals surface area contributed by atoms with Crippen LogP contribution in [0.25, 0.3) is 22.3 Å². The summed E-state index contributed by atoms with van der Waals surface area (Å²) in [6.07, 6.45) is 5.49. The zero-order valence-corrected chi connectivity index (χ0v) is 33.1. The zero-order valence-electron chi connectivity index (χ0n) is 33.1. The minimum absolute atomic E-state index is 0.0753. The molecule has 1 aliphatic carbocycles. The van der Waals surface area contributed by atoms with Gasteiger partial charge < -0.3 is 45.4 Å². The fourth-order valence-corrected chi connectivity index (χ4v) is 7.10. The number of alkyl halides is 3. The van der Waals surface area contributed by atoms with Crippen LogP contribution in [-0.4, -0.2) is 140 Å². The van der Waals surface area contributed by atoms with Crippen molar-refractivity contribution in [3.05, 3.63) is 61.2 Å². The summed E-state index contributed by atoms with van der Waals surface area (Å²) in [6.45, 7) is 12.3. The van der Waals surface area contributed by atoms with Crippen molar-refractivity contribution in [3.8, 4) is 6.07 Å². The van der Waals surface area contributed by atoms with Gasteiger partial charge in [-0.05, 0) is 31.4 Å². The Balaban J connectivity index is 0.000000203. The molecule has 7 rings (SSSR count). The van der Waals surface area contributed by atoms with Crippen LogP contribution in [0.2, 0.25) is 0 Å². The van der Waals surface area contributed by atoms with E-state index in [9.17, 15) is 32.3 Å². The molecule has 1 saturated carbocycles. The fraction of sp³-hybridized carbons (Fsp3) is 0.462. The van der Waals surface area contributed by atoms with Crippen LogP contribution in [0, 0.1) is 17.2 Å². The molecule has 3 aliphatic rings. The molecule has 0 spiro atoms. The minimum atomic E-state index is -4.32. The number of nitriles is 1. The number of methoxy groups -OCH3 is 1. The number of hydrogen-bond acceptors (Lipinski definition) is 12. The van der Waals surface area contributed by atoms with Crippen molar-refractivity contribution in [1.29, 1.82) is 5.26 Å². The summed E-state index contributed by atoms with van der Waals surface area (Å²) < 4.78 is 43.7. The average Bonchev–Trinajstić information content (AvgIpc) is 3.72. The molecule has 5 atom stereocenters. The molecule has 2 aliphatic heterocycles. The number of rotatable bonds is 12. The first-order valence-corrected chi connectivity index (χ1v) is 19.4. The number of aromatic amines is 2. The molecule has 2 saturated heterocycles. The number of fused-ring (bicyclic) bond motifs is 2. The van der Waals surface area contributed by atoms with Crippen LogP contribution in [0.1, 0.15) is 53.3 Å². The molecule has 5 N–H and O–H groups in total. The van der Waals surface area contributed by atoms with Gasteiger partial charge in [0.1, 0.15) is 22.7 Å². The Morgan fingerprint density at radius 3 is 2.18 bits per heavy atom. The summed E-state index contributed by atoms with van der Waals surface area (Å²) in [7, 11) is 1.55. The second kappa shape index (κ2) is 18.6. The maximum absolute atomic E-state index is 12.7. The van der Waals surface area contributed by atoms with Crippen LogP contribution < -0.4 is 20.9 Å². The highest BCUT2D eigenvalue weighted by Crippen LogP contribution is 2.44. The number of H-pyrrole nitrogens is 2. The number of carbonyl (C=O) groups excluding carboxylic acids is 4.